The summed E-state index contributed by atoms with van der Waals surface area (Å²) in [4.78, 5) is 0. The van der Waals surface area contributed by atoms with E-state index in [-0.39, 0.29) is 0 Å². The summed E-state index contributed by atoms with van der Waals surface area (Å²) in [5.41, 5.74) is 5.34. The van der Waals surface area contributed by atoms with Crippen LogP contribution in [0.4, 0.5) is 0 Å². The Morgan fingerprint density at radius 2 is 0.531 bits per heavy atom. The van der Waals surface area contributed by atoms with Crippen LogP contribution in [-0.4, -0.2) is 139 Å². The number of allylic oxidation sites excluding steroid dienone is 2. The summed E-state index contributed by atoms with van der Waals surface area (Å²) in [5, 5.41) is 0. The van der Waals surface area contributed by atoms with E-state index in [2.05, 4.69) is 19.1 Å². The first kappa shape index (κ1) is 48.3. The zero-order valence-electron chi connectivity index (χ0n) is 31.6. The molecule has 2 N–H and O–H groups in total. The molecule has 0 rings (SSSR count). The van der Waals surface area contributed by atoms with Gasteiger partial charge in [0, 0.05) is 13.2 Å². The van der Waals surface area contributed by atoms with Crippen LogP contribution in [0.25, 0.3) is 0 Å². The third-order valence-corrected chi connectivity index (χ3v) is 7.41. The van der Waals surface area contributed by atoms with E-state index in [4.69, 9.17) is 53.1 Å². The minimum absolute atomic E-state index is 0.525. The summed E-state index contributed by atoms with van der Waals surface area (Å²) < 4.78 is 54.8. The number of ether oxygens (including phenoxy) is 10. The Morgan fingerprint density at radius 1 is 0.286 bits per heavy atom. The maximum Gasteiger partial charge on any atom is 0.0701 e. The van der Waals surface area contributed by atoms with E-state index in [1.54, 1.807) is 0 Å². The van der Waals surface area contributed by atoms with Crippen molar-refractivity contribution in [3.05, 3.63) is 12.2 Å². The minimum Gasteiger partial charge on any atom is -0.379 e. The first-order valence-corrected chi connectivity index (χ1v) is 19.5. The van der Waals surface area contributed by atoms with Crippen LogP contribution >= 0.6 is 0 Å². The van der Waals surface area contributed by atoms with Crippen molar-refractivity contribution in [2.45, 2.75) is 96.8 Å². The van der Waals surface area contributed by atoms with E-state index >= 15 is 0 Å². The van der Waals surface area contributed by atoms with Gasteiger partial charge in [-0.1, -0.05) is 76.9 Å². The fraction of sp³-hybridized carbons (Fsp3) is 0.947. The molecule has 0 amide bonds. The monoisotopic (exact) mass is 708 g/mol. The van der Waals surface area contributed by atoms with Gasteiger partial charge in [0.05, 0.1) is 126 Å². The van der Waals surface area contributed by atoms with Crippen LogP contribution in [0.2, 0.25) is 0 Å². The Kier molecular flexibility index (Phi) is 46.6. The highest BCUT2D eigenvalue weighted by Crippen LogP contribution is 2.11. The van der Waals surface area contributed by atoms with Gasteiger partial charge in [0.15, 0.2) is 0 Å². The van der Waals surface area contributed by atoms with E-state index in [0.717, 1.165) is 13.0 Å². The van der Waals surface area contributed by atoms with Crippen molar-refractivity contribution < 1.29 is 47.4 Å². The van der Waals surface area contributed by atoms with Gasteiger partial charge in [-0.05, 0) is 32.1 Å². The summed E-state index contributed by atoms with van der Waals surface area (Å²) in [6, 6.07) is 0. The van der Waals surface area contributed by atoms with Crippen molar-refractivity contribution in [1.82, 2.24) is 0 Å². The lowest BCUT2D eigenvalue weighted by molar-refractivity contribution is -0.0263. The van der Waals surface area contributed by atoms with Gasteiger partial charge in [-0.25, -0.2) is 0 Å². The van der Waals surface area contributed by atoms with E-state index in [1.165, 1.54) is 83.5 Å². The molecule has 0 saturated carbocycles. The smallest absolute Gasteiger partial charge is 0.0701 e. The van der Waals surface area contributed by atoms with Crippen molar-refractivity contribution >= 4 is 0 Å². The lowest BCUT2D eigenvalue weighted by Gasteiger charge is -2.09. The average molecular weight is 708 g/mol. The second kappa shape index (κ2) is 47.3. The zero-order chi connectivity index (χ0) is 35.2. The number of rotatable bonds is 45. The number of unbranched alkanes of at least 4 members (excludes halogenated alkanes) is 12. The molecule has 0 aromatic rings. The minimum atomic E-state index is 0.525. The number of hydrogen-bond acceptors (Lipinski definition) is 11. The molecule has 49 heavy (non-hydrogen) atoms. The van der Waals surface area contributed by atoms with Crippen LogP contribution in [0, 0.1) is 0 Å². The average Bonchev–Trinajstić information content (AvgIpc) is 3.11. The predicted molar refractivity (Wildman–Crippen MR) is 197 cm³/mol. The van der Waals surface area contributed by atoms with Gasteiger partial charge in [0.25, 0.3) is 0 Å². The second-order valence-electron chi connectivity index (χ2n) is 11.9. The molecule has 0 atom stereocenters. The van der Waals surface area contributed by atoms with Crippen LogP contribution in [-0.2, 0) is 47.4 Å². The Hall–Kier alpha value is -0.700. The van der Waals surface area contributed by atoms with E-state index in [1.807, 2.05) is 0 Å². The molecule has 0 heterocycles. The highest BCUT2D eigenvalue weighted by molar-refractivity contribution is 4.81. The molecule has 0 fully saturated rings. The summed E-state index contributed by atoms with van der Waals surface area (Å²) >= 11 is 0. The number of hydrogen-bond donors (Lipinski definition) is 1. The largest absolute Gasteiger partial charge is 0.379 e. The van der Waals surface area contributed by atoms with Gasteiger partial charge in [0.2, 0.25) is 0 Å². The summed E-state index contributed by atoms with van der Waals surface area (Å²) in [5.74, 6) is 0. The van der Waals surface area contributed by atoms with E-state index in [9.17, 15) is 0 Å². The summed E-state index contributed by atoms with van der Waals surface area (Å²) in [6.07, 6.45) is 23.4. The van der Waals surface area contributed by atoms with Gasteiger partial charge in [-0.3, -0.25) is 0 Å². The second-order valence-corrected chi connectivity index (χ2v) is 11.9. The van der Waals surface area contributed by atoms with Crippen molar-refractivity contribution in [2.24, 2.45) is 5.73 Å². The highest BCUT2D eigenvalue weighted by Gasteiger charge is 1.97. The normalized spacial score (nSPS) is 11.8. The molecule has 0 bridgehead atoms. The fourth-order valence-corrected chi connectivity index (χ4v) is 4.62. The summed E-state index contributed by atoms with van der Waals surface area (Å²) in [7, 11) is 0. The third-order valence-electron chi connectivity index (χ3n) is 7.41. The molecule has 0 aromatic carbocycles. The molecular weight excluding hydrogens is 630 g/mol. The van der Waals surface area contributed by atoms with Crippen LogP contribution in [0.1, 0.15) is 96.8 Å². The lowest BCUT2D eigenvalue weighted by Crippen LogP contribution is -2.15. The molecule has 0 aliphatic heterocycles. The number of nitrogens with two attached hydrogens (primary N) is 1. The molecule has 0 unspecified atom stereocenters. The van der Waals surface area contributed by atoms with E-state index in [0.29, 0.717) is 132 Å². The van der Waals surface area contributed by atoms with Gasteiger partial charge in [-0.15, -0.1) is 0 Å². The first-order chi connectivity index (χ1) is 24.4. The first-order valence-electron chi connectivity index (χ1n) is 19.5. The molecule has 0 saturated heterocycles. The van der Waals surface area contributed by atoms with Gasteiger partial charge >= 0.3 is 0 Å². The van der Waals surface area contributed by atoms with Crippen LogP contribution in [0.15, 0.2) is 12.2 Å². The highest BCUT2D eigenvalue weighted by atomic mass is 16.6. The van der Waals surface area contributed by atoms with Crippen molar-refractivity contribution in [3.63, 3.8) is 0 Å². The van der Waals surface area contributed by atoms with Gasteiger partial charge in [-0.2, -0.15) is 0 Å². The molecule has 11 nitrogen and oxygen atoms in total. The lowest BCUT2D eigenvalue weighted by atomic mass is 10.1. The maximum absolute atomic E-state index is 5.67. The topological polar surface area (TPSA) is 118 Å². The third kappa shape index (κ3) is 47.3. The SMILES string of the molecule is CCCCCCCCCCC/C=C/CCCCCOCCOCCOCCOCCOCCOCCOCCOCCOCCOCCN. The van der Waals surface area contributed by atoms with Gasteiger partial charge < -0.3 is 53.1 Å². The molecule has 0 aromatic heterocycles. The molecule has 0 aliphatic rings. The maximum atomic E-state index is 5.67. The Bertz CT molecular complexity index is 603. The predicted octanol–water partition coefficient (Wildman–Crippen LogP) is 6.15. The van der Waals surface area contributed by atoms with Crippen LogP contribution < -0.4 is 5.73 Å². The van der Waals surface area contributed by atoms with Crippen molar-refractivity contribution in [3.8, 4) is 0 Å². The summed E-state index contributed by atoms with van der Waals surface area (Å²) in [6.45, 7) is 14.0. The van der Waals surface area contributed by atoms with E-state index < -0.39 is 0 Å². The molecule has 294 valence electrons. The molecular formula is C38H77NO10. The Balaban J connectivity index is 3.07. The van der Waals surface area contributed by atoms with Crippen LogP contribution in [0.3, 0.4) is 0 Å². The molecule has 0 spiro atoms. The quantitative estimate of drug-likeness (QED) is 0.0580. The van der Waals surface area contributed by atoms with Crippen molar-refractivity contribution in [1.29, 1.82) is 0 Å². The molecule has 11 heteroatoms. The van der Waals surface area contributed by atoms with Crippen molar-refractivity contribution in [2.75, 3.05) is 139 Å². The zero-order valence-corrected chi connectivity index (χ0v) is 31.6. The standard InChI is InChI=1S/C38H77NO10/c1-2-3-4-5-6-7-8-9-10-11-12-13-14-15-16-17-19-40-21-23-42-25-27-44-29-31-46-33-35-48-37-38-49-36-34-47-32-30-45-28-26-43-24-22-41-20-18-39/h12-13H,2-11,14-39H2,1H3/b13-12+. The molecule has 0 aliphatic carbocycles. The van der Waals surface area contributed by atoms with Crippen LogP contribution in [0.5, 0.6) is 0 Å². The Morgan fingerprint density at radius 3 is 0.837 bits per heavy atom. The fourth-order valence-electron chi connectivity index (χ4n) is 4.62. The Labute approximate surface area is 300 Å². The molecule has 0 radical (unpaired) electrons. The van der Waals surface area contributed by atoms with Gasteiger partial charge in [0.1, 0.15) is 0 Å².